The Kier molecular flexibility index (Phi) is 25.4. The van der Waals surface area contributed by atoms with E-state index >= 15 is 0 Å². The van der Waals surface area contributed by atoms with Gasteiger partial charge in [-0.15, -0.1) is 0 Å². The lowest BCUT2D eigenvalue weighted by molar-refractivity contribution is 0.0378. The number of aryl methyl sites for hydroxylation is 2. The van der Waals surface area contributed by atoms with Gasteiger partial charge in [-0.2, -0.15) is 0 Å². The highest BCUT2D eigenvalue weighted by molar-refractivity contribution is 5.86. The van der Waals surface area contributed by atoms with Gasteiger partial charge in [-0.25, -0.2) is 16.7 Å². The van der Waals surface area contributed by atoms with Crippen molar-refractivity contribution in [1.82, 2.24) is 48.8 Å². The van der Waals surface area contributed by atoms with Crippen LogP contribution in [0.5, 0.6) is 11.5 Å². The van der Waals surface area contributed by atoms with Crippen LogP contribution in [0.2, 0.25) is 0 Å². The molecule has 0 aliphatic carbocycles. The number of anilines is 4. The van der Waals surface area contributed by atoms with Crippen LogP contribution in [0.15, 0.2) is 97.6 Å². The number of imidazole rings is 2. The molecule has 82 heavy (non-hydrogen) atoms. The highest BCUT2D eigenvalue weighted by Gasteiger charge is 2.18. The van der Waals surface area contributed by atoms with E-state index in [1.165, 1.54) is 0 Å². The molecule has 0 amide bonds. The molecule has 2 fully saturated rings. The van der Waals surface area contributed by atoms with Crippen molar-refractivity contribution in [3.05, 3.63) is 148 Å². The quantitative estimate of drug-likeness (QED) is 0.0175. The number of aromatic hydroxyl groups is 2. The van der Waals surface area contributed by atoms with Crippen LogP contribution in [-0.2, 0) is 41.9 Å². The summed E-state index contributed by atoms with van der Waals surface area (Å²) in [4.78, 5) is 42.8. The second-order valence-corrected chi connectivity index (χ2v) is 19.4. The van der Waals surface area contributed by atoms with E-state index < -0.39 is 0 Å². The molecule has 0 bridgehead atoms. The van der Waals surface area contributed by atoms with Crippen LogP contribution < -0.4 is 21.7 Å². The number of rotatable bonds is 22. The molecule has 22 nitrogen and oxygen atoms in total. The Morgan fingerprint density at radius 2 is 1.15 bits per heavy atom. The number of hydrogen-bond acceptors (Lipinski definition) is 19. The number of aromatic nitrogens is 8. The molecule has 8 aromatic rings. The van der Waals surface area contributed by atoms with Crippen molar-refractivity contribution >= 4 is 66.8 Å². The monoisotopic (exact) mass is 1120 g/mol. The fourth-order valence-electron chi connectivity index (χ4n) is 9.38. The molecular weight excluding hydrogens is 1040 g/mol. The number of nitrogen functional groups attached to an aromatic ring is 1. The molecular formula is C59H76BN15O7-. The molecule has 23 heteroatoms. The first-order valence-corrected chi connectivity index (χ1v) is 27.3. The van der Waals surface area contributed by atoms with Crippen molar-refractivity contribution in [3.8, 4) is 11.5 Å². The number of nitrogens with zero attached hydrogens (tertiary/aromatic N) is 11. The highest BCUT2D eigenvalue weighted by atomic mass is 16.5. The van der Waals surface area contributed by atoms with Crippen LogP contribution in [0.25, 0.3) is 27.5 Å². The van der Waals surface area contributed by atoms with Gasteiger partial charge in [-0.3, -0.25) is 34.5 Å². The second kappa shape index (κ2) is 33.0. The Morgan fingerprint density at radius 1 is 0.646 bits per heavy atom. The maximum absolute atomic E-state index is 11.3. The number of aliphatic hydroxyl groups excluding tert-OH is 2. The molecule has 8 heterocycles. The Morgan fingerprint density at radius 3 is 1.67 bits per heavy atom. The number of benzene rings is 2. The van der Waals surface area contributed by atoms with Gasteiger partial charge in [-0.05, 0) is 136 Å². The van der Waals surface area contributed by atoms with Crippen molar-refractivity contribution in [2.75, 3.05) is 114 Å². The van der Waals surface area contributed by atoms with Crippen molar-refractivity contribution in [2.24, 2.45) is 0 Å². The fourth-order valence-corrected chi connectivity index (χ4v) is 9.38. The van der Waals surface area contributed by atoms with E-state index in [9.17, 15) is 20.1 Å². The minimum atomic E-state index is 0. The normalized spacial score (nSPS) is 13.4. The minimum Gasteiger partial charge on any atom is -0.817 e. The predicted molar refractivity (Wildman–Crippen MR) is 323 cm³/mol. The van der Waals surface area contributed by atoms with Crippen LogP contribution in [0.4, 0.5) is 23.3 Å². The number of hydrogen-bond donors (Lipinski definition) is 8. The molecule has 0 spiro atoms. The van der Waals surface area contributed by atoms with E-state index in [2.05, 4.69) is 69.1 Å². The van der Waals surface area contributed by atoms with E-state index in [1.807, 2.05) is 54.8 Å². The van der Waals surface area contributed by atoms with E-state index in [-0.39, 0.29) is 33.1 Å². The van der Waals surface area contributed by atoms with Gasteiger partial charge in [0.05, 0.1) is 85.4 Å². The second-order valence-electron chi connectivity index (χ2n) is 19.4. The molecule has 2 aromatic carbocycles. The van der Waals surface area contributed by atoms with Gasteiger partial charge in [0.25, 0.3) is 0 Å². The number of nitrogens with one attached hydrogen (secondary N) is 3. The molecule has 0 saturated carbocycles. The number of aliphatic hydroxyl groups is 2. The first-order valence-electron chi connectivity index (χ1n) is 27.3. The summed E-state index contributed by atoms with van der Waals surface area (Å²) in [5, 5.41) is 55.9. The number of pyridine rings is 4. The zero-order chi connectivity index (χ0) is 57.3. The minimum absolute atomic E-state index is 0. The third-order valence-corrected chi connectivity index (χ3v) is 13.7. The molecule has 10 rings (SSSR count). The molecule has 0 atom stereocenters. The summed E-state index contributed by atoms with van der Waals surface area (Å²) in [6.45, 7) is 18.3. The number of carbonyl (C=O) groups is 1. The van der Waals surface area contributed by atoms with E-state index in [0.717, 1.165) is 160 Å². The number of fused-ring (bicyclic) bond motifs is 2. The van der Waals surface area contributed by atoms with Gasteiger partial charge < -0.3 is 66.1 Å². The average Bonchev–Trinajstić information content (AvgIpc) is 3.97. The molecule has 2 aliphatic heterocycles. The molecule has 6 aromatic heterocycles. The van der Waals surface area contributed by atoms with E-state index in [1.54, 1.807) is 49.1 Å². The average molecular weight is 1120 g/mol. The maximum atomic E-state index is 11.3. The molecule has 433 valence electrons. The SMILES string of the molecule is C=[N-].Cc1ccc(O)c(Cn2c(NCCCN3CCOCC3)nc3ccc(C=O)cc32)n1.Cc1ccc(O)c(Cn2c(NCCCN3CCOCC3)nc3ccc(CNc4cnccc4CCO)cc32)n1.Nc1cnccc1CCO.[B]. The third kappa shape index (κ3) is 18.2. The topological polar surface area (TPSA) is 295 Å². The Labute approximate surface area is 480 Å². The van der Waals surface area contributed by atoms with E-state index in [4.69, 9.17) is 35.7 Å². The zero-order valence-electron chi connectivity index (χ0n) is 47.0. The largest absolute Gasteiger partial charge is 0.817 e. The van der Waals surface area contributed by atoms with Gasteiger partial charge in [0.2, 0.25) is 11.9 Å². The summed E-state index contributed by atoms with van der Waals surface area (Å²) in [5.74, 6) is 1.79. The van der Waals surface area contributed by atoms with Crippen LogP contribution >= 0.6 is 0 Å². The van der Waals surface area contributed by atoms with Crippen molar-refractivity contribution < 1.29 is 34.7 Å². The van der Waals surface area contributed by atoms with Crippen LogP contribution in [0.1, 0.15) is 62.7 Å². The van der Waals surface area contributed by atoms with Crippen LogP contribution in [0.3, 0.4) is 0 Å². The van der Waals surface area contributed by atoms with Crippen molar-refractivity contribution in [3.63, 3.8) is 0 Å². The van der Waals surface area contributed by atoms with Crippen LogP contribution in [-0.4, -0.2) is 183 Å². The number of nitrogens with two attached hydrogens (primary N) is 1. The highest BCUT2D eigenvalue weighted by Crippen LogP contribution is 2.28. The first kappa shape index (κ1) is 63.1. The van der Waals surface area contributed by atoms with Gasteiger partial charge >= 0.3 is 0 Å². The number of carbonyl (C=O) groups excluding carboxylic acids is 1. The predicted octanol–water partition coefficient (Wildman–Crippen LogP) is 5.68. The Balaban J connectivity index is 0.000000222. The summed E-state index contributed by atoms with van der Waals surface area (Å²) >= 11 is 0. The smallest absolute Gasteiger partial charge is 0.204 e. The summed E-state index contributed by atoms with van der Waals surface area (Å²) < 4.78 is 14.9. The number of morpholine rings is 2. The lowest BCUT2D eigenvalue weighted by Crippen LogP contribution is -2.37. The molecule has 2 aliphatic rings. The van der Waals surface area contributed by atoms with Crippen molar-refractivity contribution in [2.45, 2.75) is 59.2 Å². The van der Waals surface area contributed by atoms with E-state index in [0.29, 0.717) is 61.1 Å². The summed E-state index contributed by atoms with van der Waals surface area (Å²) in [6, 6.07) is 22.3. The Bertz CT molecular complexity index is 3240. The third-order valence-electron chi connectivity index (χ3n) is 13.7. The van der Waals surface area contributed by atoms with Crippen LogP contribution in [0, 0.1) is 13.8 Å². The summed E-state index contributed by atoms with van der Waals surface area (Å²) in [5.41, 5.74) is 17.1. The van der Waals surface area contributed by atoms with Gasteiger partial charge in [0.15, 0.2) is 0 Å². The molecule has 2 saturated heterocycles. The molecule has 3 radical (unpaired) electrons. The van der Waals surface area contributed by atoms with Crippen molar-refractivity contribution in [1.29, 1.82) is 0 Å². The first-order chi connectivity index (χ1) is 39.6. The number of ether oxygens (including phenoxy) is 2. The fraction of sp³-hybridized carbons (Fsp3) is 0.390. The van der Waals surface area contributed by atoms with Gasteiger partial charge in [-0.1, -0.05) is 6.07 Å². The summed E-state index contributed by atoms with van der Waals surface area (Å²) in [7, 11) is 0. The Hall–Kier alpha value is -8.06. The lowest BCUT2D eigenvalue weighted by Gasteiger charge is -2.26. The van der Waals surface area contributed by atoms with Gasteiger partial charge in [0.1, 0.15) is 29.2 Å². The maximum Gasteiger partial charge on any atom is 0.204 e. The lowest BCUT2D eigenvalue weighted by atomic mass is 10.1. The molecule has 9 N–H and O–H groups in total. The standard InChI is InChI=1S/C29H37N7O3.C22H27N5O3.C7H10N2O.CH2N.B/c1-21-3-6-28(38)26(33-21)20-36-27-17-22(18-32-25-19-30-10-7-23(25)8-14-37)4-5-24(27)34-29(36)31-9-2-11-35-12-15-39-16-13-35;1-16-3-6-21(29)19(24-16)14-27-20-13-17(15-28)4-5-18(20)25-22(27)23-7-2-8-26-9-11-30-12-10-26;8-7-5-9-3-1-6(7)2-4-10;1-2;/h3-7,10,17,19,32,37-38H,2,8-9,11-16,18,20H2,1H3,(H,31,34);3-6,13,15,29H,2,7-12,14H2,1H3,(H,23,25);1,3,5,10H,2,4,8H2;1H2;/q;;;-1;. The molecule has 0 unspecified atom stereocenters. The number of aldehydes is 1. The summed E-state index contributed by atoms with van der Waals surface area (Å²) in [6.07, 6.45) is 10.8. The van der Waals surface area contributed by atoms with Gasteiger partial charge in [0, 0.05) is 96.8 Å². The zero-order valence-corrected chi connectivity index (χ0v) is 47.0.